The molecule has 0 bridgehead atoms. The van der Waals surface area contributed by atoms with Crippen LogP contribution < -0.4 is 14.8 Å². The van der Waals surface area contributed by atoms with Gasteiger partial charge in [0.15, 0.2) is 29.3 Å². The molecule has 262 valence electrons. The van der Waals surface area contributed by atoms with Gasteiger partial charge in [-0.15, -0.1) is 0 Å². The average molecular weight is 683 g/mol. The Hall–Kier alpha value is -4.89. The van der Waals surface area contributed by atoms with Gasteiger partial charge in [0.1, 0.15) is 18.6 Å². The number of benzene rings is 1. The molecule has 4 unspecified atom stereocenters. The predicted molar refractivity (Wildman–Crippen MR) is 158 cm³/mol. The number of nitrogens with one attached hydrogen (secondary N) is 1. The molecular weight excluding hydrogens is 645 g/mol. The average Bonchev–Trinajstić information content (AvgIpc) is 3.06. The summed E-state index contributed by atoms with van der Waals surface area (Å²) < 4.78 is 72.4. The van der Waals surface area contributed by atoms with E-state index in [4.69, 9.17) is 28.4 Å². The van der Waals surface area contributed by atoms with Crippen LogP contribution in [0.5, 0.6) is 11.5 Å². The summed E-state index contributed by atoms with van der Waals surface area (Å²) in [6, 6.07) is 4.01. The van der Waals surface area contributed by atoms with E-state index in [1.54, 1.807) is 13.8 Å². The normalized spacial score (nSPS) is 20.1. The molecule has 1 amide bonds. The van der Waals surface area contributed by atoms with E-state index in [9.17, 15) is 37.1 Å². The van der Waals surface area contributed by atoms with E-state index < -0.39 is 90.9 Å². The number of alkyl halides is 3. The van der Waals surface area contributed by atoms with Crippen LogP contribution in [0.3, 0.4) is 0 Å². The van der Waals surface area contributed by atoms with Gasteiger partial charge in [0, 0.05) is 12.3 Å². The fraction of sp³-hybridized carbons (Fsp3) is 0.500. The number of ether oxygens (including phenoxy) is 6. The zero-order chi connectivity index (χ0) is 35.8. The minimum Gasteiger partial charge on any atom is -0.493 e. The molecule has 1 aromatic heterocycles. The lowest BCUT2D eigenvalue weighted by atomic mass is 9.90. The molecule has 2 aromatic rings. The van der Waals surface area contributed by atoms with Crippen molar-refractivity contribution in [2.24, 2.45) is 17.8 Å². The van der Waals surface area contributed by atoms with Crippen LogP contribution in [-0.4, -0.2) is 73.5 Å². The number of carbonyl (C=O) groups is 5. The number of nitrogens with zero attached hydrogens (tertiary/aromatic N) is 1. The molecule has 4 atom stereocenters. The quantitative estimate of drug-likeness (QED) is 0.208. The third-order valence-electron chi connectivity index (χ3n) is 7.06. The minimum atomic E-state index is -4.66. The number of hydrogen-bond acceptors (Lipinski definition) is 12. The van der Waals surface area contributed by atoms with Crippen molar-refractivity contribution < 1.29 is 65.6 Å². The van der Waals surface area contributed by atoms with Crippen LogP contribution in [0.4, 0.5) is 13.2 Å². The molecule has 2 heterocycles. The maximum Gasteiger partial charge on any atom is 0.416 e. The van der Waals surface area contributed by atoms with E-state index in [1.807, 2.05) is 0 Å². The molecular formula is C32H37F3N2O11. The molecule has 0 radical (unpaired) electrons. The summed E-state index contributed by atoms with van der Waals surface area (Å²) >= 11 is 0. The van der Waals surface area contributed by atoms with Gasteiger partial charge in [-0.3, -0.25) is 19.2 Å². The molecule has 0 saturated carbocycles. The topological polar surface area (TPSA) is 166 Å². The van der Waals surface area contributed by atoms with Crippen molar-refractivity contribution >= 4 is 29.8 Å². The molecule has 3 rings (SSSR count). The third kappa shape index (κ3) is 9.81. The molecule has 16 heteroatoms. The molecule has 1 fully saturated rings. The Balaban J connectivity index is 1.90. The van der Waals surface area contributed by atoms with Crippen molar-refractivity contribution in [3.05, 3.63) is 53.3 Å². The van der Waals surface area contributed by atoms with Gasteiger partial charge in [-0.1, -0.05) is 45.9 Å². The van der Waals surface area contributed by atoms with Crippen LogP contribution >= 0.6 is 0 Å². The Morgan fingerprint density at radius 2 is 1.73 bits per heavy atom. The summed E-state index contributed by atoms with van der Waals surface area (Å²) in [7, 11) is 1.29. The van der Waals surface area contributed by atoms with E-state index in [-0.39, 0.29) is 29.2 Å². The van der Waals surface area contributed by atoms with Crippen LogP contribution in [0.1, 0.15) is 56.2 Å². The third-order valence-corrected chi connectivity index (χ3v) is 7.06. The monoisotopic (exact) mass is 682 g/mol. The second kappa shape index (κ2) is 16.3. The van der Waals surface area contributed by atoms with Crippen molar-refractivity contribution in [3.8, 4) is 11.5 Å². The molecule has 1 aromatic carbocycles. The van der Waals surface area contributed by atoms with Gasteiger partial charge in [-0.25, -0.2) is 9.78 Å². The number of methoxy groups -OCH3 is 1. The van der Waals surface area contributed by atoms with Crippen molar-refractivity contribution in [1.29, 1.82) is 0 Å². The Kier molecular flexibility index (Phi) is 12.7. The number of pyridine rings is 1. The summed E-state index contributed by atoms with van der Waals surface area (Å²) in [5, 5.41) is 2.36. The second-order valence-corrected chi connectivity index (χ2v) is 11.4. The lowest BCUT2D eigenvalue weighted by molar-refractivity contribution is -0.176. The van der Waals surface area contributed by atoms with Gasteiger partial charge in [0.05, 0.1) is 24.5 Å². The number of cyclic esters (lactones) is 2. The van der Waals surface area contributed by atoms with E-state index >= 15 is 0 Å². The molecule has 13 nitrogen and oxygen atoms in total. The Labute approximate surface area is 274 Å². The highest BCUT2D eigenvalue weighted by Gasteiger charge is 2.43. The van der Waals surface area contributed by atoms with Crippen LogP contribution in [-0.2, 0) is 50.7 Å². The highest BCUT2D eigenvalue weighted by Crippen LogP contribution is 2.32. The summed E-state index contributed by atoms with van der Waals surface area (Å²) in [5.74, 6) is -7.13. The molecule has 1 N–H and O–H groups in total. The van der Waals surface area contributed by atoms with Crippen LogP contribution in [0.25, 0.3) is 0 Å². The largest absolute Gasteiger partial charge is 0.493 e. The van der Waals surface area contributed by atoms with Crippen LogP contribution in [0.15, 0.2) is 36.5 Å². The SMILES string of the molecule is COc1ccnc(C(=O)NC2COC(=O)C(Cc3cccc(C(F)(F)F)c3)C(OC(=O)C(C)C)C(C)OC2=O)c1OCOC(=O)C(C)C. The summed E-state index contributed by atoms with van der Waals surface area (Å²) in [5.41, 5.74) is -1.26. The van der Waals surface area contributed by atoms with E-state index in [1.165, 1.54) is 52.3 Å². The Bertz CT molecular complexity index is 1500. The molecule has 48 heavy (non-hydrogen) atoms. The number of halogens is 3. The smallest absolute Gasteiger partial charge is 0.416 e. The highest BCUT2D eigenvalue weighted by molar-refractivity contribution is 5.98. The van der Waals surface area contributed by atoms with E-state index in [0.29, 0.717) is 0 Å². The summed E-state index contributed by atoms with van der Waals surface area (Å²) in [6.07, 6.45) is -6.59. The standard InChI is InChI=1S/C32H37F3N2O11/c1-16(2)28(39)46-15-45-26-23(43-6)10-11-36-24(26)27(38)37-22-14-44-30(41)21(13-19-8-7-9-20(12-19)32(33,34)35)25(18(5)47-31(22)42)48-29(40)17(3)4/h7-12,16-18,21-22,25H,13-15H2,1-6H3,(H,37,38). The first-order valence-corrected chi connectivity index (χ1v) is 14.9. The lowest BCUT2D eigenvalue weighted by Crippen LogP contribution is -2.47. The number of amides is 1. The maximum atomic E-state index is 13.5. The van der Waals surface area contributed by atoms with Crippen molar-refractivity contribution in [2.45, 2.75) is 65.5 Å². The first-order valence-electron chi connectivity index (χ1n) is 14.9. The Morgan fingerprint density at radius 1 is 1.04 bits per heavy atom. The van der Waals surface area contributed by atoms with Gasteiger partial charge in [0.25, 0.3) is 5.91 Å². The Morgan fingerprint density at radius 3 is 2.35 bits per heavy atom. The number of aromatic nitrogens is 1. The van der Waals surface area contributed by atoms with Crippen LogP contribution in [0.2, 0.25) is 0 Å². The van der Waals surface area contributed by atoms with Gasteiger partial charge < -0.3 is 33.7 Å². The highest BCUT2D eigenvalue weighted by atomic mass is 19.4. The second-order valence-electron chi connectivity index (χ2n) is 11.4. The first kappa shape index (κ1) is 37.6. The molecule has 1 aliphatic heterocycles. The first-order chi connectivity index (χ1) is 22.5. The van der Waals surface area contributed by atoms with E-state index in [0.717, 1.165) is 12.1 Å². The molecule has 0 aliphatic carbocycles. The predicted octanol–water partition coefficient (Wildman–Crippen LogP) is 3.66. The fourth-order valence-electron chi connectivity index (χ4n) is 4.44. The molecule has 1 aliphatic rings. The number of esters is 4. The summed E-state index contributed by atoms with van der Waals surface area (Å²) in [4.78, 5) is 68.6. The number of rotatable bonds is 11. The minimum absolute atomic E-state index is 0.0417. The van der Waals surface area contributed by atoms with E-state index in [2.05, 4.69) is 10.3 Å². The molecule has 1 saturated heterocycles. The van der Waals surface area contributed by atoms with Gasteiger partial charge in [0.2, 0.25) is 6.79 Å². The van der Waals surface area contributed by atoms with Crippen LogP contribution in [0, 0.1) is 17.8 Å². The van der Waals surface area contributed by atoms with Crippen molar-refractivity contribution in [3.63, 3.8) is 0 Å². The zero-order valence-electron chi connectivity index (χ0n) is 27.1. The number of carbonyl (C=O) groups excluding carboxylic acids is 5. The maximum absolute atomic E-state index is 13.5. The van der Waals surface area contributed by atoms with Gasteiger partial charge in [-0.05, 0) is 25.0 Å². The van der Waals surface area contributed by atoms with Gasteiger partial charge >= 0.3 is 30.1 Å². The van der Waals surface area contributed by atoms with Crippen molar-refractivity contribution in [2.75, 3.05) is 20.5 Å². The fourth-order valence-corrected chi connectivity index (χ4v) is 4.44. The lowest BCUT2D eigenvalue weighted by Gasteiger charge is -2.29. The molecule has 0 spiro atoms. The van der Waals surface area contributed by atoms with Gasteiger partial charge in [-0.2, -0.15) is 13.2 Å². The summed E-state index contributed by atoms with van der Waals surface area (Å²) in [6.45, 7) is 6.26. The zero-order valence-corrected chi connectivity index (χ0v) is 27.1. The van der Waals surface area contributed by atoms with Crippen molar-refractivity contribution in [1.82, 2.24) is 10.3 Å². The number of hydrogen-bond donors (Lipinski definition) is 1.